The highest BCUT2D eigenvalue weighted by Gasteiger charge is 2.22. The van der Waals surface area contributed by atoms with E-state index in [-0.39, 0.29) is 53.4 Å². The predicted molar refractivity (Wildman–Crippen MR) is 157 cm³/mol. The van der Waals surface area contributed by atoms with Gasteiger partial charge in [0.2, 0.25) is 17.6 Å². The number of allylic oxidation sites excluding steroid dienone is 1. The summed E-state index contributed by atoms with van der Waals surface area (Å²) in [7, 11) is 3.12. The van der Waals surface area contributed by atoms with Crippen LogP contribution in [0.1, 0.15) is 24.2 Å². The minimum Gasteiger partial charge on any atom is -0.483 e. The zero-order valence-electron chi connectivity index (χ0n) is 24.4. The van der Waals surface area contributed by atoms with Crippen molar-refractivity contribution in [1.29, 1.82) is 0 Å². The minimum absolute atomic E-state index is 0.00454. The summed E-state index contributed by atoms with van der Waals surface area (Å²) in [6, 6.07) is 5.00. The molecular formula is C30H28F4N6O6. The van der Waals surface area contributed by atoms with Gasteiger partial charge in [-0.25, -0.2) is 22.9 Å². The van der Waals surface area contributed by atoms with E-state index in [2.05, 4.69) is 20.6 Å². The summed E-state index contributed by atoms with van der Waals surface area (Å²) < 4.78 is 62.8. The Kier molecular flexibility index (Phi) is 10.4. The third-order valence-electron chi connectivity index (χ3n) is 6.60. The number of H-pyrrole nitrogens is 1. The van der Waals surface area contributed by atoms with E-state index in [1.54, 1.807) is 14.1 Å². The van der Waals surface area contributed by atoms with Crippen molar-refractivity contribution < 1.29 is 41.8 Å². The number of carbonyl (C=O) groups is 3. The summed E-state index contributed by atoms with van der Waals surface area (Å²) >= 11 is 0. The Morgan fingerprint density at radius 1 is 1.13 bits per heavy atom. The van der Waals surface area contributed by atoms with Crippen LogP contribution in [0.2, 0.25) is 0 Å². The third kappa shape index (κ3) is 8.08. The summed E-state index contributed by atoms with van der Waals surface area (Å²) in [5, 5.41) is 13.7. The molecule has 1 atom stereocenters. The second-order valence-corrected chi connectivity index (χ2v) is 10.2. The van der Waals surface area contributed by atoms with Gasteiger partial charge in [0.1, 0.15) is 41.3 Å². The second kappa shape index (κ2) is 14.4. The van der Waals surface area contributed by atoms with Crippen molar-refractivity contribution in [3.63, 3.8) is 0 Å². The number of carbonyl (C=O) groups excluding carboxylic acids is 2. The first-order valence-electron chi connectivity index (χ1n) is 13.6. The number of carboxylic acid groups (broad SMARTS) is 1. The molecule has 242 valence electrons. The van der Waals surface area contributed by atoms with Gasteiger partial charge in [0.05, 0.1) is 12.1 Å². The molecule has 4 aromatic rings. The molecule has 2 heterocycles. The Labute approximate surface area is 258 Å². The average Bonchev–Trinajstić information content (AvgIpc) is 3.39. The lowest BCUT2D eigenvalue weighted by Crippen LogP contribution is -2.44. The van der Waals surface area contributed by atoms with Gasteiger partial charge in [-0.05, 0) is 43.2 Å². The maximum atomic E-state index is 14.7. The highest BCUT2D eigenvalue weighted by Crippen LogP contribution is 2.31. The first kappa shape index (κ1) is 33.2. The summed E-state index contributed by atoms with van der Waals surface area (Å²) in [5.41, 5.74) is -1.16. The molecule has 2 aromatic heterocycles. The molecule has 16 heteroatoms. The zero-order chi connectivity index (χ0) is 33.5. The largest absolute Gasteiger partial charge is 0.483 e. The molecule has 0 aliphatic carbocycles. The Bertz CT molecular complexity index is 1870. The van der Waals surface area contributed by atoms with Gasteiger partial charge in [0, 0.05) is 38.0 Å². The first-order chi connectivity index (χ1) is 21.8. The number of hydrogen-bond donors (Lipinski definition) is 4. The van der Waals surface area contributed by atoms with Crippen molar-refractivity contribution in [2.75, 3.05) is 19.4 Å². The zero-order valence-corrected chi connectivity index (χ0v) is 24.4. The number of aromatic nitrogens is 3. The molecule has 0 saturated carbocycles. The van der Waals surface area contributed by atoms with Crippen LogP contribution in [0.15, 0.2) is 59.5 Å². The monoisotopic (exact) mass is 644 g/mol. The lowest BCUT2D eigenvalue weighted by Gasteiger charge is -2.16. The number of halogens is 4. The number of nitrogens with zero attached hydrogens (tertiary/aromatic N) is 3. The SMILES string of the molecule is CN(C)C(=O)/C=C/CCC(NC(=O)O)C(=O)Nc1cccn(Cc2nc3c(OCc4ccc(F)cc4F)c(F)c(F)cc3[nH]2)c1=O. The number of benzene rings is 2. The van der Waals surface area contributed by atoms with Gasteiger partial charge in [0.15, 0.2) is 11.6 Å². The van der Waals surface area contributed by atoms with E-state index in [0.29, 0.717) is 6.07 Å². The van der Waals surface area contributed by atoms with Crippen LogP contribution in [-0.2, 0) is 22.7 Å². The number of imidazole rings is 1. The number of rotatable bonds is 12. The molecule has 0 radical (unpaired) electrons. The molecule has 0 saturated heterocycles. The van der Waals surface area contributed by atoms with Crippen LogP contribution < -0.4 is 20.9 Å². The number of amides is 3. The van der Waals surface area contributed by atoms with E-state index < -0.39 is 59.2 Å². The van der Waals surface area contributed by atoms with Crippen molar-refractivity contribution in [3.8, 4) is 5.75 Å². The number of ether oxygens (including phenoxy) is 1. The summed E-state index contributed by atoms with van der Waals surface area (Å²) in [6.45, 7) is -0.818. The molecule has 0 aliphatic heterocycles. The van der Waals surface area contributed by atoms with Gasteiger partial charge in [-0.15, -0.1) is 0 Å². The molecule has 0 fully saturated rings. The smallest absolute Gasteiger partial charge is 0.405 e. The molecule has 4 N–H and O–H groups in total. The van der Waals surface area contributed by atoms with Crippen molar-refractivity contribution in [1.82, 2.24) is 24.8 Å². The first-order valence-corrected chi connectivity index (χ1v) is 13.6. The summed E-state index contributed by atoms with van der Waals surface area (Å²) in [5.74, 6) is -6.13. The van der Waals surface area contributed by atoms with E-state index in [4.69, 9.17) is 4.74 Å². The molecule has 12 nitrogen and oxygen atoms in total. The summed E-state index contributed by atoms with van der Waals surface area (Å²) in [4.78, 5) is 57.3. The van der Waals surface area contributed by atoms with Crippen LogP contribution in [-0.4, -0.2) is 62.6 Å². The molecule has 46 heavy (non-hydrogen) atoms. The Hall–Kier alpha value is -5.67. The van der Waals surface area contributed by atoms with Crippen molar-refractivity contribution in [3.05, 3.63) is 99.8 Å². The fourth-order valence-electron chi connectivity index (χ4n) is 4.26. The molecule has 4 rings (SSSR count). The van der Waals surface area contributed by atoms with Gasteiger partial charge in [-0.3, -0.25) is 14.4 Å². The van der Waals surface area contributed by atoms with E-state index >= 15 is 0 Å². The highest BCUT2D eigenvalue weighted by atomic mass is 19.2. The molecule has 0 spiro atoms. The standard InChI is InChI=1S/C30H28F4N6O6/c1-39(2)24(41)8-4-3-6-20(37-30(44)45)28(42)36-21-7-5-11-40(29(21)43)14-23-35-22-13-19(33)25(34)27(26(22)38-23)46-15-16-9-10-17(31)12-18(16)32/h4-5,7-13,20,37H,3,6,14-15H2,1-2H3,(H,35,38)(H,36,42)(H,44,45)/b8-4+. The third-order valence-corrected chi connectivity index (χ3v) is 6.60. The Balaban J connectivity index is 1.52. The maximum absolute atomic E-state index is 14.7. The van der Waals surface area contributed by atoms with Crippen LogP contribution in [0.4, 0.5) is 28.0 Å². The average molecular weight is 645 g/mol. The van der Waals surface area contributed by atoms with Crippen molar-refractivity contribution >= 4 is 34.6 Å². The fraction of sp³-hybridized carbons (Fsp3) is 0.233. The number of fused-ring (bicyclic) bond motifs is 1. The van der Waals surface area contributed by atoms with Crippen LogP contribution in [0.25, 0.3) is 11.0 Å². The van der Waals surface area contributed by atoms with E-state index in [0.717, 1.165) is 22.8 Å². The second-order valence-electron chi connectivity index (χ2n) is 10.2. The summed E-state index contributed by atoms with van der Waals surface area (Å²) in [6.07, 6.45) is 2.83. The molecular weight excluding hydrogens is 616 g/mol. The van der Waals surface area contributed by atoms with Crippen LogP contribution >= 0.6 is 0 Å². The highest BCUT2D eigenvalue weighted by molar-refractivity contribution is 5.96. The number of anilines is 1. The molecule has 1 unspecified atom stereocenters. The topological polar surface area (TPSA) is 159 Å². The lowest BCUT2D eigenvalue weighted by atomic mass is 10.1. The molecule has 0 bridgehead atoms. The quantitative estimate of drug-likeness (QED) is 0.135. The normalized spacial score (nSPS) is 11.9. The van der Waals surface area contributed by atoms with Crippen LogP contribution in [0.5, 0.6) is 5.75 Å². The van der Waals surface area contributed by atoms with Gasteiger partial charge in [-0.1, -0.05) is 6.08 Å². The number of likely N-dealkylation sites (N-methyl/N-ethyl adjacent to an activating group) is 1. The van der Waals surface area contributed by atoms with Crippen LogP contribution in [0.3, 0.4) is 0 Å². The van der Waals surface area contributed by atoms with Gasteiger partial charge < -0.3 is 34.9 Å². The maximum Gasteiger partial charge on any atom is 0.405 e. The van der Waals surface area contributed by atoms with Gasteiger partial charge in [-0.2, -0.15) is 4.39 Å². The van der Waals surface area contributed by atoms with E-state index in [9.17, 15) is 41.8 Å². The molecule has 2 aromatic carbocycles. The van der Waals surface area contributed by atoms with Crippen molar-refractivity contribution in [2.45, 2.75) is 32.0 Å². The Morgan fingerprint density at radius 3 is 2.59 bits per heavy atom. The van der Waals surface area contributed by atoms with Gasteiger partial charge >= 0.3 is 6.09 Å². The van der Waals surface area contributed by atoms with E-state index in [1.807, 2.05) is 0 Å². The number of pyridine rings is 1. The van der Waals surface area contributed by atoms with E-state index in [1.165, 1.54) is 35.4 Å². The predicted octanol–water partition coefficient (Wildman–Crippen LogP) is 3.91. The van der Waals surface area contributed by atoms with Crippen LogP contribution in [0, 0.1) is 23.3 Å². The number of aromatic amines is 1. The molecule has 3 amide bonds. The minimum atomic E-state index is -1.47. The molecule has 0 aliphatic rings. The van der Waals surface area contributed by atoms with Gasteiger partial charge in [0.25, 0.3) is 5.56 Å². The number of hydrogen-bond acceptors (Lipinski definition) is 6. The Morgan fingerprint density at radius 2 is 1.89 bits per heavy atom. The number of nitrogens with one attached hydrogen (secondary N) is 3. The lowest BCUT2D eigenvalue weighted by molar-refractivity contribution is -0.123. The van der Waals surface area contributed by atoms with Crippen molar-refractivity contribution in [2.24, 2.45) is 0 Å². The fourth-order valence-corrected chi connectivity index (χ4v) is 4.26.